The van der Waals surface area contributed by atoms with Gasteiger partial charge in [0.2, 0.25) is 0 Å². The summed E-state index contributed by atoms with van der Waals surface area (Å²) in [6.45, 7) is 4.95. The van der Waals surface area contributed by atoms with Gasteiger partial charge >= 0.3 is 0 Å². The van der Waals surface area contributed by atoms with Crippen molar-refractivity contribution in [2.75, 3.05) is 13.2 Å². The van der Waals surface area contributed by atoms with Crippen molar-refractivity contribution in [1.82, 2.24) is 0 Å². The summed E-state index contributed by atoms with van der Waals surface area (Å²) in [5.41, 5.74) is 0. The van der Waals surface area contributed by atoms with E-state index in [4.69, 9.17) is 9.47 Å². The lowest BCUT2D eigenvalue weighted by Crippen LogP contribution is -2.32. The van der Waals surface area contributed by atoms with Gasteiger partial charge in [0, 0.05) is 6.61 Å². The van der Waals surface area contributed by atoms with Gasteiger partial charge in [0.05, 0.1) is 11.4 Å². The summed E-state index contributed by atoms with van der Waals surface area (Å²) in [6.07, 6.45) is 3.89. The summed E-state index contributed by atoms with van der Waals surface area (Å²) in [5, 5.41) is 0. The molecular weight excluding hydrogens is 208 g/mol. The largest absolute Gasteiger partial charge is 0.351 e. The number of halogens is 1. The lowest BCUT2D eigenvalue weighted by Gasteiger charge is -2.27. The molecule has 0 aromatic carbocycles. The van der Waals surface area contributed by atoms with Crippen LogP contribution in [0.3, 0.4) is 0 Å². The molecule has 0 unspecified atom stereocenters. The quantitative estimate of drug-likeness (QED) is 0.536. The average molecular weight is 221 g/mol. The zero-order valence-electron chi connectivity index (χ0n) is 6.46. The monoisotopic (exact) mass is 220 g/mol. The molecule has 0 amide bonds. The average Bonchev–Trinajstić information content (AvgIpc) is 2.03. The van der Waals surface area contributed by atoms with Gasteiger partial charge < -0.3 is 9.47 Å². The molecule has 1 aliphatic heterocycles. The van der Waals surface area contributed by atoms with E-state index in [1.165, 1.54) is 0 Å². The Balaban J connectivity index is 2.23. The van der Waals surface area contributed by atoms with Gasteiger partial charge in [-0.15, -0.1) is 6.58 Å². The Morgan fingerprint density at radius 3 is 3.18 bits per heavy atom. The SMILES string of the molecule is C=CCO[C@H]1OCCC[C@@H]1Br. The van der Waals surface area contributed by atoms with E-state index in [1.54, 1.807) is 6.08 Å². The second kappa shape index (κ2) is 4.91. The maximum absolute atomic E-state index is 5.38. The van der Waals surface area contributed by atoms with E-state index in [2.05, 4.69) is 22.5 Å². The summed E-state index contributed by atoms with van der Waals surface area (Å²) >= 11 is 3.50. The van der Waals surface area contributed by atoms with Crippen molar-refractivity contribution < 1.29 is 9.47 Å². The molecule has 1 heterocycles. The fourth-order valence-electron chi connectivity index (χ4n) is 1.03. The summed E-state index contributed by atoms with van der Waals surface area (Å²) < 4.78 is 10.7. The molecule has 0 aliphatic carbocycles. The van der Waals surface area contributed by atoms with Crippen LogP contribution in [0.5, 0.6) is 0 Å². The molecule has 3 heteroatoms. The van der Waals surface area contributed by atoms with Gasteiger partial charge in [-0.2, -0.15) is 0 Å². The van der Waals surface area contributed by atoms with Gasteiger partial charge in [0.15, 0.2) is 6.29 Å². The van der Waals surface area contributed by atoms with Crippen LogP contribution < -0.4 is 0 Å². The molecule has 0 N–H and O–H groups in total. The fourth-order valence-corrected chi connectivity index (χ4v) is 1.66. The van der Waals surface area contributed by atoms with Gasteiger partial charge in [-0.25, -0.2) is 0 Å². The standard InChI is InChI=1S/C8H13BrO2/c1-2-5-10-8-7(9)4-3-6-11-8/h2,7-8H,1,3-6H2/t7-,8-/m0/s1. The first-order valence-corrected chi connectivity index (χ1v) is 4.74. The van der Waals surface area contributed by atoms with Gasteiger partial charge in [-0.1, -0.05) is 22.0 Å². The highest BCUT2D eigenvalue weighted by atomic mass is 79.9. The Bertz CT molecular complexity index is 127. The molecule has 0 saturated carbocycles. The molecule has 1 aliphatic rings. The zero-order chi connectivity index (χ0) is 8.10. The van der Waals surface area contributed by atoms with Crippen molar-refractivity contribution in [1.29, 1.82) is 0 Å². The summed E-state index contributed by atoms with van der Waals surface area (Å²) in [6, 6.07) is 0. The van der Waals surface area contributed by atoms with Gasteiger partial charge in [-0.3, -0.25) is 0 Å². The van der Waals surface area contributed by atoms with E-state index in [9.17, 15) is 0 Å². The third-order valence-corrected chi connectivity index (χ3v) is 2.47. The minimum Gasteiger partial charge on any atom is -0.351 e. The Kier molecular flexibility index (Phi) is 4.12. The van der Waals surface area contributed by atoms with Crippen molar-refractivity contribution in [3.63, 3.8) is 0 Å². The highest BCUT2D eigenvalue weighted by Gasteiger charge is 2.23. The van der Waals surface area contributed by atoms with Crippen LogP contribution >= 0.6 is 15.9 Å². The van der Waals surface area contributed by atoms with Gasteiger partial charge in [-0.05, 0) is 12.8 Å². The van der Waals surface area contributed by atoms with Crippen molar-refractivity contribution in [2.24, 2.45) is 0 Å². The molecule has 0 radical (unpaired) electrons. The van der Waals surface area contributed by atoms with E-state index in [-0.39, 0.29) is 6.29 Å². The summed E-state index contributed by atoms with van der Waals surface area (Å²) in [5.74, 6) is 0. The molecule has 0 bridgehead atoms. The van der Waals surface area contributed by atoms with Crippen molar-refractivity contribution >= 4 is 15.9 Å². The predicted molar refractivity (Wildman–Crippen MR) is 47.8 cm³/mol. The lowest BCUT2D eigenvalue weighted by atomic mass is 10.2. The van der Waals surface area contributed by atoms with Crippen LogP contribution in [0.4, 0.5) is 0 Å². The Hall–Kier alpha value is 0.140. The molecule has 2 atom stereocenters. The Morgan fingerprint density at radius 2 is 2.55 bits per heavy atom. The molecule has 0 spiro atoms. The number of hydrogen-bond donors (Lipinski definition) is 0. The van der Waals surface area contributed by atoms with Crippen LogP contribution in [-0.2, 0) is 9.47 Å². The minimum atomic E-state index is -0.0817. The van der Waals surface area contributed by atoms with Crippen LogP contribution in [0.2, 0.25) is 0 Å². The van der Waals surface area contributed by atoms with Crippen LogP contribution in [0, 0.1) is 0 Å². The number of alkyl halides is 1. The predicted octanol–water partition coefficient (Wildman–Crippen LogP) is 2.09. The minimum absolute atomic E-state index is 0.0817. The second-order valence-corrected chi connectivity index (χ2v) is 3.70. The number of rotatable bonds is 3. The molecule has 1 saturated heterocycles. The highest BCUT2D eigenvalue weighted by molar-refractivity contribution is 9.09. The van der Waals surface area contributed by atoms with Crippen molar-refractivity contribution in [3.8, 4) is 0 Å². The van der Waals surface area contributed by atoms with E-state index in [1.807, 2.05) is 0 Å². The third-order valence-electron chi connectivity index (χ3n) is 1.58. The first-order valence-electron chi connectivity index (χ1n) is 3.83. The van der Waals surface area contributed by atoms with Crippen LogP contribution in [0.1, 0.15) is 12.8 Å². The van der Waals surface area contributed by atoms with Gasteiger partial charge in [0.1, 0.15) is 0 Å². The first-order chi connectivity index (χ1) is 5.34. The summed E-state index contributed by atoms with van der Waals surface area (Å²) in [7, 11) is 0. The van der Waals surface area contributed by atoms with Gasteiger partial charge in [0.25, 0.3) is 0 Å². The fraction of sp³-hybridized carbons (Fsp3) is 0.750. The molecular formula is C8H13BrO2. The topological polar surface area (TPSA) is 18.5 Å². The van der Waals surface area contributed by atoms with E-state index < -0.39 is 0 Å². The number of ether oxygens (including phenoxy) is 2. The molecule has 0 aromatic rings. The van der Waals surface area contributed by atoms with Crippen molar-refractivity contribution in [2.45, 2.75) is 24.0 Å². The maximum atomic E-state index is 5.38. The zero-order valence-corrected chi connectivity index (χ0v) is 8.05. The molecule has 64 valence electrons. The molecule has 1 fully saturated rings. The number of hydrogen-bond acceptors (Lipinski definition) is 2. The normalized spacial score (nSPS) is 31.7. The lowest BCUT2D eigenvalue weighted by molar-refractivity contribution is -0.149. The van der Waals surface area contributed by atoms with Crippen LogP contribution in [0.25, 0.3) is 0 Å². The third kappa shape index (κ3) is 2.93. The second-order valence-electron chi connectivity index (χ2n) is 2.52. The van der Waals surface area contributed by atoms with Crippen LogP contribution in [0.15, 0.2) is 12.7 Å². The first kappa shape index (κ1) is 9.23. The summed E-state index contributed by atoms with van der Waals surface area (Å²) in [4.78, 5) is 0.344. The molecule has 2 nitrogen and oxygen atoms in total. The van der Waals surface area contributed by atoms with Crippen molar-refractivity contribution in [3.05, 3.63) is 12.7 Å². The highest BCUT2D eigenvalue weighted by Crippen LogP contribution is 2.21. The van der Waals surface area contributed by atoms with E-state index in [0.29, 0.717) is 11.4 Å². The Labute approximate surface area is 75.7 Å². The van der Waals surface area contributed by atoms with E-state index in [0.717, 1.165) is 19.4 Å². The Morgan fingerprint density at radius 1 is 1.73 bits per heavy atom. The molecule has 1 rings (SSSR count). The molecule has 11 heavy (non-hydrogen) atoms. The van der Waals surface area contributed by atoms with E-state index >= 15 is 0 Å². The van der Waals surface area contributed by atoms with Crippen LogP contribution in [-0.4, -0.2) is 24.3 Å². The molecule has 0 aromatic heterocycles. The smallest absolute Gasteiger partial charge is 0.170 e. The maximum Gasteiger partial charge on any atom is 0.170 e.